The zero-order valence-electron chi connectivity index (χ0n) is 65.6. The number of fused-ring (bicyclic) bond motifs is 4. The van der Waals surface area contributed by atoms with Gasteiger partial charge >= 0.3 is 0 Å². The Morgan fingerprint density at radius 2 is 0.407 bits per heavy atom. The van der Waals surface area contributed by atoms with E-state index in [1.165, 1.54) is 145 Å². The summed E-state index contributed by atoms with van der Waals surface area (Å²) in [5.41, 5.74) is 39.0. The molecule has 0 aliphatic heterocycles. The summed E-state index contributed by atoms with van der Waals surface area (Å²) in [6, 6.07) is 145. The Bertz CT molecular complexity index is 5640. The lowest BCUT2D eigenvalue weighted by atomic mass is 9.72. The first-order chi connectivity index (χ1) is 55.3. The SMILES string of the molecule is CCCc1ccc(-c2ccc(N(c3ccc(-c4ccc(-c5ccc(-c6ccccc6)cc5)cc4)cc3)c3cccc(-c4ccc5c(c4)C4(CC5(C)C)CC(C)(C)c5ccc(-c6cccc(N(c7ccc(-c8ccc(CCC)cc8)cc7)c7ccc(-c8ccc(-c9ccc(-c%10ccccc%10)cc9)cc8)cc7)c6)cc54)c3)cc2)cc1. The Morgan fingerprint density at radius 3 is 0.664 bits per heavy atom. The molecule has 0 N–H and O–H groups in total. The molecular formula is C111H94N2. The third kappa shape index (κ3) is 14.4. The van der Waals surface area contributed by atoms with E-state index in [0.717, 1.165) is 72.6 Å². The minimum Gasteiger partial charge on any atom is -0.310 e. The summed E-state index contributed by atoms with van der Waals surface area (Å²) in [6.07, 6.45) is 6.51. The van der Waals surface area contributed by atoms with E-state index in [0.29, 0.717) is 0 Å². The molecule has 0 amide bonds. The van der Waals surface area contributed by atoms with Gasteiger partial charge in [-0.25, -0.2) is 0 Å². The molecule has 16 aromatic rings. The van der Waals surface area contributed by atoms with Gasteiger partial charge in [-0.05, 0) is 266 Å². The molecule has 16 aromatic carbocycles. The molecule has 0 saturated carbocycles. The van der Waals surface area contributed by atoms with Crippen LogP contribution in [0.25, 0.3) is 111 Å². The highest BCUT2D eigenvalue weighted by atomic mass is 15.1. The number of hydrogen-bond donors (Lipinski definition) is 0. The molecule has 0 unspecified atom stereocenters. The minimum absolute atomic E-state index is 0.0589. The van der Waals surface area contributed by atoms with Crippen LogP contribution in [0, 0.1) is 0 Å². The zero-order chi connectivity index (χ0) is 76.6. The third-order valence-electron chi connectivity index (χ3n) is 24.1. The van der Waals surface area contributed by atoms with Crippen molar-refractivity contribution in [1.82, 2.24) is 0 Å². The highest BCUT2D eigenvalue weighted by molar-refractivity contribution is 5.87. The van der Waals surface area contributed by atoms with Crippen LogP contribution in [0.4, 0.5) is 34.1 Å². The maximum absolute atomic E-state index is 2.59. The van der Waals surface area contributed by atoms with E-state index >= 15 is 0 Å². The van der Waals surface area contributed by atoms with E-state index in [1.54, 1.807) is 0 Å². The number of anilines is 6. The lowest BCUT2D eigenvalue weighted by Crippen LogP contribution is -2.27. The van der Waals surface area contributed by atoms with Crippen molar-refractivity contribution < 1.29 is 0 Å². The topological polar surface area (TPSA) is 6.48 Å². The Balaban J connectivity index is 0.664. The monoisotopic (exact) mass is 1450 g/mol. The molecule has 548 valence electrons. The first-order valence-corrected chi connectivity index (χ1v) is 40.5. The molecule has 2 nitrogen and oxygen atoms in total. The second-order valence-electron chi connectivity index (χ2n) is 32.6. The number of hydrogen-bond acceptors (Lipinski definition) is 2. The van der Waals surface area contributed by atoms with Crippen molar-refractivity contribution in [2.24, 2.45) is 0 Å². The summed E-state index contributed by atoms with van der Waals surface area (Å²) >= 11 is 0. The van der Waals surface area contributed by atoms with E-state index in [-0.39, 0.29) is 16.2 Å². The molecule has 2 heteroatoms. The molecule has 2 aliphatic rings. The predicted octanol–water partition coefficient (Wildman–Crippen LogP) is 30.8. The van der Waals surface area contributed by atoms with E-state index in [4.69, 9.17) is 0 Å². The van der Waals surface area contributed by atoms with E-state index in [1.807, 2.05) is 0 Å². The molecule has 0 saturated heterocycles. The fraction of sp³-hybridized carbons (Fsp3) is 0.135. The molecule has 0 heterocycles. The summed E-state index contributed by atoms with van der Waals surface area (Å²) < 4.78 is 0. The van der Waals surface area contributed by atoms with Gasteiger partial charge < -0.3 is 9.80 Å². The van der Waals surface area contributed by atoms with Crippen LogP contribution < -0.4 is 9.80 Å². The van der Waals surface area contributed by atoms with Gasteiger partial charge in [-0.3, -0.25) is 0 Å². The Morgan fingerprint density at radius 1 is 0.195 bits per heavy atom. The van der Waals surface area contributed by atoms with Crippen molar-refractivity contribution >= 4 is 34.1 Å². The predicted molar refractivity (Wildman–Crippen MR) is 481 cm³/mol. The van der Waals surface area contributed by atoms with Crippen LogP contribution in [-0.2, 0) is 29.1 Å². The first kappa shape index (κ1) is 71.7. The Kier molecular flexibility index (Phi) is 19.3. The lowest BCUT2D eigenvalue weighted by molar-refractivity contribution is 0.349. The molecule has 0 radical (unpaired) electrons. The van der Waals surface area contributed by atoms with Gasteiger partial charge in [0.2, 0.25) is 0 Å². The van der Waals surface area contributed by atoms with Crippen molar-refractivity contribution in [1.29, 1.82) is 0 Å². The summed E-state index contributed by atoms with van der Waals surface area (Å²) in [7, 11) is 0. The molecule has 1 spiro atoms. The maximum Gasteiger partial charge on any atom is 0.0467 e. The van der Waals surface area contributed by atoms with E-state index in [2.05, 4.69) is 440 Å². The maximum atomic E-state index is 2.59. The standard InChI is InChI=1S/C111H94N2/c1-7-17-77-27-31-81(32-28-77)91-51-61-99(62-52-91)112(101-65-55-93(56-66-101)89-47-43-87(44-48-89)85-39-35-83(36-40-85)79-19-11-9-12-20-79)103-25-15-23-95(71-103)97-59-69-105-107(73-97)111(75-109(105,3)4)76-110(5,6)106-70-60-98(74-108(106)111)96-24-16-26-104(72-96)113(100-63-53-92(54-64-100)82-33-29-78(18-8-2)30-34-82)102-67-57-94(58-68-102)90-49-45-88(46-50-90)86-41-37-84(38-42-86)80-21-13-10-14-22-80/h9-16,19-74H,7-8,17-18,75-76H2,1-6H3. The van der Waals surface area contributed by atoms with Gasteiger partial charge in [0, 0.05) is 39.5 Å². The van der Waals surface area contributed by atoms with Gasteiger partial charge in [0.25, 0.3) is 0 Å². The average Bonchev–Trinajstić information content (AvgIpc) is 1.52. The van der Waals surface area contributed by atoms with Crippen LogP contribution in [0.15, 0.2) is 388 Å². The molecule has 18 rings (SSSR count). The Hall–Kier alpha value is -12.9. The quantitative estimate of drug-likeness (QED) is 0.0750. The molecule has 0 aromatic heterocycles. The number of rotatable bonds is 20. The molecule has 113 heavy (non-hydrogen) atoms. The highest BCUT2D eigenvalue weighted by Gasteiger charge is 2.56. The fourth-order valence-corrected chi connectivity index (χ4v) is 18.4. The largest absolute Gasteiger partial charge is 0.310 e. The molecule has 2 aliphatic carbocycles. The van der Waals surface area contributed by atoms with Crippen molar-refractivity contribution in [3.8, 4) is 111 Å². The van der Waals surface area contributed by atoms with Crippen LogP contribution in [-0.4, -0.2) is 0 Å². The van der Waals surface area contributed by atoms with Gasteiger partial charge in [0.1, 0.15) is 0 Å². The van der Waals surface area contributed by atoms with Crippen LogP contribution in [0.2, 0.25) is 0 Å². The summed E-state index contributed by atoms with van der Waals surface area (Å²) in [6.45, 7) is 14.4. The van der Waals surface area contributed by atoms with Gasteiger partial charge in [0.15, 0.2) is 0 Å². The van der Waals surface area contributed by atoms with E-state index < -0.39 is 0 Å². The van der Waals surface area contributed by atoms with Gasteiger partial charge in [0.05, 0.1) is 0 Å². The highest BCUT2D eigenvalue weighted by Crippen LogP contribution is 2.64. The van der Waals surface area contributed by atoms with Crippen molar-refractivity contribution in [2.45, 2.75) is 96.3 Å². The van der Waals surface area contributed by atoms with Gasteiger partial charge in [-0.15, -0.1) is 0 Å². The second-order valence-corrected chi connectivity index (χ2v) is 32.6. The van der Waals surface area contributed by atoms with Crippen molar-refractivity contribution in [3.63, 3.8) is 0 Å². The van der Waals surface area contributed by atoms with Crippen LogP contribution in [0.1, 0.15) is 101 Å². The van der Waals surface area contributed by atoms with Crippen LogP contribution >= 0.6 is 0 Å². The molecular weight excluding hydrogens is 1360 g/mol. The number of benzene rings is 16. The van der Waals surface area contributed by atoms with Crippen LogP contribution in [0.3, 0.4) is 0 Å². The fourth-order valence-electron chi connectivity index (χ4n) is 18.4. The molecule has 0 bridgehead atoms. The smallest absolute Gasteiger partial charge is 0.0467 e. The third-order valence-corrected chi connectivity index (χ3v) is 24.1. The normalized spacial score (nSPS) is 13.5. The summed E-state index contributed by atoms with van der Waals surface area (Å²) in [5.74, 6) is 0. The second kappa shape index (κ2) is 30.4. The lowest BCUT2D eigenvalue weighted by Gasteiger charge is -2.31. The van der Waals surface area contributed by atoms with Crippen molar-refractivity contribution in [2.75, 3.05) is 9.80 Å². The molecule has 0 fully saturated rings. The molecule has 0 atom stereocenters. The Labute approximate surface area is 668 Å². The number of nitrogens with zero attached hydrogens (tertiary/aromatic N) is 2. The van der Waals surface area contributed by atoms with Crippen molar-refractivity contribution in [3.05, 3.63) is 422 Å². The van der Waals surface area contributed by atoms with Gasteiger partial charge in [-0.2, -0.15) is 0 Å². The van der Waals surface area contributed by atoms with E-state index in [9.17, 15) is 0 Å². The summed E-state index contributed by atoms with van der Waals surface area (Å²) in [5, 5.41) is 0. The average molecular weight is 1460 g/mol. The van der Waals surface area contributed by atoms with Crippen LogP contribution in [0.5, 0.6) is 0 Å². The first-order valence-electron chi connectivity index (χ1n) is 40.5. The summed E-state index contributed by atoms with van der Waals surface area (Å²) in [4.78, 5) is 4.86. The van der Waals surface area contributed by atoms with Gasteiger partial charge in [-0.1, -0.05) is 358 Å². The zero-order valence-corrected chi connectivity index (χ0v) is 65.6. The minimum atomic E-state index is -0.209. The number of aryl methyl sites for hydroxylation is 2.